The first-order valence-corrected chi connectivity index (χ1v) is 10.9. The molecule has 10 heteroatoms. The molecule has 1 atom stereocenters. The first-order valence-electron chi connectivity index (χ1n) is 10.9. The number of imidazole rings is 1. The average Bonchev–Trinajstić information content (AvgIpc) is 3.20. The number of hydrogen-bond acceptors (Lipinski definition) is 7. The van der Waals surface area contributed by atoms with E-state index in [-0.39, 0.29) is 24.3 Å². The number of aliphatic hydroxyl groups is 1. The summed E-state index contributed by atoms with van der Waals surface area (Å²) in [5, 5.41) is 13.9. The number of aromatic nitrogens is 4. The summed E-state index contributed by atoms with van der Waals surface area (Å²) in [6.45, 7) is 2.08. The fourth-order valence-electron chi connectivity index (χ4n) is 3.59. The fraction of sp³-hybridized carbons (Fsp3) is 0.292. The Balaban J connectivity index is 1.63. The molecule has 0 radical (unpaired) electrons. The number of nitrogens with one attached hydrogen (secondary N) is 2. The molecule has 2 aromatic carbocycles. The molecule has 3 N–H and O–H groups in total. The van der Waals surface area contributed by atoms with Crippen LogP contribution in [0.25, 0.3) is 11.2 Å². The lowest BCUT2D eigenvalue weighted by atomic mass is 10.1. The van der Waals surface area contributed by atoms with Gasteiger partial charge in [0.05, 0.1) is 13.7 Å². The van der Waals surface area contributed by atoms with Gasteiger partial charge in [0.1, 0.15) is 24.2 Å². The van der Waals surface area contributed by atoms with Crippen molar-refractivity contribution in [2.45, 2.75) is 26.0 Å². The molecule has 0 saturated carbocycles. The van der Waals surface area contributed by atoms with Crippen molar-refractivity contribution in [2.24, 2.45) is 7.05 Å². The van der Waals surface area contributed by atoms with Crippen LogP contribution in [0.1, 0.15) is 12.5 Å². The average molecular weight is 466 g/mol. The van der Waals surface area contributed by atoms with Crippen molar-refractivity contribution < 1.29 is 14.6 Å². The van der Waals surface area contributed by atoms with Crippen molar-refractivity contribution in [3.05, 3.63) is 74.9 Å². The summed E-state index contributed by atoms with van der Waals surface area (Å²) in [6, 6.07) is 14.8. The number of hydrogen-bond donors (Lipinski definition) is 3. The van der Waals surface area contributed by atoms with Gasteiger partial charge >= 0.3 is 5.69 Å². The maximum atomic E-state index is 12.7. The van der Waals surface area contributed by atoms with Crippen LogP contribution in [0.3, 0.4) is 0 Å². The number of H-pyrrole nitrogens is 1. The van der Waals surface area contributed by atoms with Crippen LogP contribution >= 0.6 is 0 Å². The van der Waals surface area contributed by atoms with Gasteiger partial charge in [-0.15, -0.1) is 0 Å². The van der Waals surface area contributed by atoms with Gasteiger partial charge in [0.2, 0.25) is 5.95 Å². The van der Waals surface area contributed by atoms with Gasteiger partial charge in [0.25, 0.3) is 5.56 Å². The van der Waals surface area contributed by atoms with Crippen LogP contribution in [0.2, 0.25) is 0 Å². The Labute approximate surface area is 195 Å². The Kier molecular flexibility index (Phi) is 6.69. The minimum absolute atomic E-state index is 0.0136. The minimum Gasteiger partial charge on any atom is -0.497 e. The molecule has 0 amide bonds. The number of aromatic amines is 1. The maximum absolute atomic E-state index is 12.7. The van der Waals surface area contributed by atoms with Crippen molar-refractivity contribution in [1.29, 1.82) is 0 Å². The SMILES string of the molecule is CCc1ccc(Nc2nc3c(c(=O)[nH]c(=O)n3C)n2C[C@@H](O)COc2ccc(OC)cc2)cc1. The first kappa shape index (κ1) is 23.1. The topological polar surface area (TPSA) is 123 Å². The molecule has 0 aliphatic carbocycles. The number of aryl methyl sites for hydroxylation is 2. The molecule has 10 nitrogen and oxygen atoms in total. The molecule has 2 heterocycles. The number of rotatable bonds is 9. The van der Waals surface area contributed by atoms with Crippen molar-refractivity contribution >= 4 is 22.8 Å². The fourth-order valence-corrected chi connectivity index (χ4v) is 3.59. The molecular weight excluding hydrogens is 438 g/mol. The van der Waals surface area contributed by atoms with Gasteiger partial charge in [-0.1, -0.05) is 19.1 Å². The number of ether oxygens (including phenoxy) is 2. The summed E-state index contributed by atoms with van der Waals surface area (Å²) in [6.07, 6.45) is -0.0458. The summed E-state index contributed by atoms with van der Waals surface area (Å²) in [4.78, 5) is 31.5. The van der Waals surface area contributed by atoms with Gasteiger partial charge in [0, 0.05) is 12.7 Å². The van der Waals surface area contributed by atoms with Crippen LogP contribution in [-0.2, 0) is 20.0 Å². The molecule has 0 spiro atoms. The smallest absolute Gasteiger partial charge is 0.329 e. The highest BCUT2D eigenvalue weighted by Crippen LogP contribution is 2.22. The second kappa shape index (κ2) is 9.84. The lowest BCUT2D eigenvalue weighted by molar-refractivity contribution is 0.0938. The summed E-state index contributed by atoms with van der Waals surface area (Å²) >= 11 is 0. The van der Waals surface area contributed by atoms with Crippen molar-refractivity contribution in [3.8, 4) is 11.5 Å². The van der Waals surface area contributed by atoms with Crippen LogP contribution in [0.5, 0.6) is 11.5 Å². The Morgan fingerprint density at radius 2 is 1.76 bits per heavy atom. The second-order valence-electron chi connectivity index (χ2n) is 7.85. The van der Waals surface area contributed by atoms with E-state index in [4.69, 9.17) is 9.47 Å². The van der Waals surface area contributed by atoms with Crippen LogP contribution in [-0.4, -0.2) is 44.0 Å². The molecular formula is C24H27N5O5. The molecule has 178 valence electrons. The Bertz CT molecular complexity index is 1390. The summed E-state index contributed by atoms with van der Waals surface area (Å²) in [7, 11) is 3.11. The predicted molar refractivity (Wildman–Crippen MR) is 129 cm³/mol. The van der Waals surface area contributed by atoms with Crippen LogP contribution in [0.4, 0.5) is 11.6 Å². The zero-order chi connectivity index (χ0) is 24.2. The number of fused-ring (bicyclic) bond motifs is 1. The minimum atomic E-state index is -0.959. The number of methoxy groups -OCH3 is 1. The van der Waals surface area contributed by atoms with Gasteiger partial charge in [-0.05, 0) is 48.4 Å². The van der Waals surface area contributed by atoms with Gasteiger partial charge in [-0.25, -0.2) is 4.79 Å². The van der Waals surface area contributed by atoms with Crippen molar-refractivity contribution in [3.63, 3.8) is 0 Å². The molecule has 0 unspecified atom stereocenters. The molecule has 0 aliphatic rings. The van der Waals surface area contributed by atoms with E-state index in [1.807, 2.05) is 24.3 Å². The molecule has 0 aliphatic heterocycles. The largest absolute Gasteiger partial charge is 0.497 e. The van der Waals surface area contributed by atoms with E-state index < -0.39 is 17.4 Å². The first-order chi connectivity index (χ1) is 16.4. The monoisotopic (exact) mass is 465 g/mol. The highest BCUT2D eigenvalue weighted by molar-refractivity contribution is 5.75. The highest BCUT2D eigenvalue weighted by atomic mass is 16.5. The standard InChI is InChI=1S/C24H27N5O5/c1-4-15-5-7-16(8-6-15)25-23-26-21-20(22(31)27-24(32)28(21)2)29(23)13-17(30)14-34-19-11-9-18(33-3)10-12-19/h5-12,17,30H,4,13-14H2,1-3H3,(H,25,26)(H,27,31,32)/t17-/m1/s1. The second-order valence-corrected chi connectivity index (χ2v) is 7.85. The molecule has 0 saturated heterocycles. The van der Waals surface area contributed by atoms with E-state index in [9.17, 15) is 14.7 Å². The number of aliphatic hydroxyl groups excluding tert-OH is 1. The van der Waals surface area contributed by atoms with Gasteiger partial charge < -0.3 is 24.5 Å². The lowest BCUT2D eigenvalue weighted by Crippen LogP contribution is -2.30. The zero-order valence-corrected chi connectivity index (χ0v) is 19.2. The molecule has 0 bridgehead atoms. The molecule has 0 fully saturated rings. The van der Waals surface area contributed by atoms with Gasteiger partial charge in [0.15, 0.2) is 11.2 Å². The normalized spacial score (nSPS) is 12.0. The van der Waals surface area contributed by atoms with E-state index in [0.29, 0.717) is 17.4 Å². The molecule has 2 aromatic heterocycles. The van der Waals surface area contributed by atoms with Gasteiger partial charge in [-0.3, -0.25) is 14.3 Å². The Morgan fingerprint density at radius 1 is 1.09 bits per heavy atom. The Morgan fingerprint density at radius 3 is 2.41 bits per heavy atom. The number of anilines is 2. The highest BCUT2D eigenvalue weighted by Gasteiger charge is 2.20. The van der Waals surface area contributed by atoms with Crippen molar-refractivity contribution in [1.82, 2.24) is 19.1 Å². The summed E-state index contributed by atoms with van der Waals surface area (Å²) in [5.74, 6) is 1.60. The number of nitrogens with zero attached hydrogens (tertiary/aromatic N) is 3. The van der Waals surface area contributed by atoms with E-state index >= 15 is 0 Å². The molecule has 4 rings (SSSR count). The van der Waals surface area contributed by atoms with Gasteiger partial charge in [-0.2, -0.15) is 4.98 Å². The Hall–Kier alpha value is -4.05. The third-order valence-corrected chi connectivity index (χ3v) is 5.52. The third-order valence-electron chi connectivity index (χ3n) is 5.52. The molecule has 34 heavy (non-hydrogen) atoms. The predicted octanol–water partition coefficient (Wildman–Crippen LogP) is 2.18. The summed E-state index contributed by atoms with van der Waals surface area (Å²) < 4.78 is 13.6. The maximum Gasteiger partial charge on any atom is 0.329 e. The third kappa shape index (κ3) is 4.81. The van der Waals surface area contributed by atoms with Crippen LogP contribution in [0.15, 0.2) is 58.1 Å². The summed E-state index contributed by atoms with van der Waals surface area (Å²) in [5.41, 5.74) is 1.19. The lowest BCUT2D eigenvalue weighted by Gasteiger charge is -2.16. The van der Waals surface area contributed by atoms with E-state index in [0.717, 1.165) is 12.1 Å². The van der Waals surface area contributed by atoms with E-state index in [2.05, 4.69) is 22.2 Å². The molecule has 4 aromatic rings. The van der Waals surface area contributed by atoms with Crippen LogP contribution < -0.4 is 26.0 Å². The zero-order valence-electron chi connectivity index (χ0n) is 19.2. The quantitative estimate of drug-likeness (QED) is 0.346. The van der Waals surface area contributed by atoms with Crippen LogP contribution in [0, 0.1) is 0 Å². The number of benzene rings is 2. The van der Waals surface area contributed by atoms with E-state index in [1.54, 1.807) is 35.9 Å². The van der Waals surface area contributed by atoms with E-state index in [1.165, 1.54) is 17.2 Å². The van der Waals surface area contributed by atoms with Crippen molar-refractivity contribution in [2.75, 3.05) is 19.0 Å².